The van der Waals surface area contributed by atoms with Crippen LogP contribution in [0.5, 0.6) is 0 Å². The van der Waals surface area contributed by atoms with Crippen LogP contribution < -0.4 is 10.0 Å². The summed E-state index contributed by atoms with van der Waals surface area (Å²) in [5, 5.41) is 3.28. The molecule has 0 aromatic heterocycles. The van der Waals surface area contributed by atoms with Crippen molar-refractivity contribution in [3.63, 3.8) is 0 Å². The van der Waals surface area contributed by atoms with Gasteiger partial charge in [-0.15, -0.1) is 0 Å². The fraction of sp³-hybridized carbons (Fsp3) is 0.538. The summed E-state index contributed by atoms with van der Waals surface area (Å²) >= 11 is 0. The average molecular weight is 268 g/mol. The van der Waals surface area contributed by atoms with Crippen molar-refractivity contribution in [1.29, 1.82) is 0 Å². The Morgan fingerprint density at radius 2 is 2.06 bits per heavy atom. The zero-order valence-electron chi connectivity index (χ0n) is 10.7. The van der Waals surface area contributed by atoms with Crippen LogP contribution in [0.3, 0.4) is 0 Å². The molecule has 1 aliphatic heterocycles. The van der Waals surface area contributed by atoms with Crippen LogP contribution >= 0.6 is 0 Å². The van der Waals surface area contributed by atoms with E-state index in [4.69, 9.17) is 0 Å². The van der Waals surface area contributed by atoms with E-state index in [1.54, 1.807) is 0 Å². The minimum absolute atomic E-state index is 0.218. The van der Waals surface area contributed by atoms with Crippen molar-refractivity contribution in [3.8, 4) is 0 Å². The standard InChI is InChI=1S/C13H20N2O2S/c1-2-3-6-18(16,17)15-8-11-4-5-12-9-14-10-13(12)7-11/h4-5,7,14-15H,2-3,6,8-10H2,1H3. The second kappa shape index (κ2) is 5.82. The molecule has 0 saturated carbocycles. The molecule has 18 heavy (non-hydrogen) atoms. The van der Waals surface area contributed by atoms with Crippen molar-refractivity contribution >= 4 is 10.0 Å². The number of hydrogen-bond acceptors (Lipinski definition) is 3. The summed E-state index contributed by atoms with van der Waals surface area (Å²) < 4.78 is 26.0. The van der Waals surface area contributed by atoms with Crippen molar-refractivity contribution in [2.45, 2.75) is 39.4 Å². The summed E-state index contributed by atoms with van der Waals surface area (Å²) in [7, 11) is -3.12. The molecule has 5 heteroatoms. The third-order valence-corrected chi connectivity index (χ3v) is 4.57. The predicted molar refractivity (Wildman–Crippen MR) is 72.5 cm³/mol. The van der Waals surface area contributed by atoms with Crippen molar-refractivity contribution in [1.82, 2.24) is 10.0 Å². The molecule has 0 saturated heterocycles. The molecule has 1 aromatic carbocycles. The Kier molecular flexibility index (Phi) is 4.37. The van der Waals surface area contributed by atoms with Crippen LogP contribution in [0, 0.1) is 0 Å². The Morgan fingerprint density at radius 1 is 1.28 bits per heavy atom. The number of hydrogen-bond donors (Lipinski definition) is 2. The molecule has 2 N–H and O–H groups in total. The number of unbranched alkanes of at least 4 members (excludes halogenated alkanes) is 1. The average Bonchev–Trinajstić information content (AvgIpc) is 2.81. The van der Waals surface area contributed by atoms with Gasteiger partial charge in [0.1, 0.15) is 0 Å². The molecule has 0 atom stereocenters. The molecule has 1 aliphatic rings. The minimum Gasteiger partial charge on any atom is -0.309 e. The molecular weight excluding hydrogens is 248 g/mol. The zero-order chi connectivity index (χ0) is 13.0. The smallest absolute Gasteiger partial charge is 0.211 e. The molecule has 4 nitrogen and oxygen atoms in total. The van der Waals surface area contributed by atoms with Crippen LogP contribution in [0.25, 0.3) is 0 Å². The van der Waals surface area contributed by atoms with E-state index >= 15 is 0 Å². The van der Waals surface area contributed by atoms with Crippen molar-refractivity contribution in [3.05, 3.63) is 34.9 Å². The van der Waals surface area contributed by atoms with E-state index in [-0.39, 0.29) is 5.75 Å². The van der Waals surface area contributed by atoms with Gasteiger partial charge in [-0.2, -0.15) is 0 Å². The first-order valence-electron chi connectivity index (χ1n) is 6.39. The van der Waals surface area contributed by atoms with E-state index in [1.165, 1.54) is 11.1 Å². The molecule has 0 aliphatic carbocycles. The Balaban J connectivity index is 1.94. The summed E-state index contributed by atoms with van der Waals surface area (Å²) in [5.41, 5.74) is 3.62. The Morgan fingerprint density at radius 3 is 2.83 bits per heavy atom. The van der Waals surface area contributed by atoms with E-state index < -0.39 is 10.0 Å². The predicted octanol–water partition coefficient (Wildman–Crippen LogP) is 1.51. The molecule has 0 fully saturated rings. The van der Waals surface area contributed by atoms with Gasteiger partial charge in [0.05, 0.1) is 5.75 Å². The topological polar surface area (TPSA) is 58.2 Å². The van der Waals surface area contributed by atoms with Gasteiger partial charge in [-0.3, -0.25) is 0 Å². The lowest BCUT2D eigenvalue weighted by atomic mass is 10.1. The van der Waals surface area contributed by atoms with Gasteiger partial charge >= 0.3 is 0 Å². The molecule has 0 spiro atoms. The Hall–Kier alpha value is -0.910. The molecule has 0 radical (unpaired) electrons. The molecule has 0 unspecified atom stereocenters. The first-order chi connectivity index (χ1) is 8.61. The highest BCUT2D eigenvalue weighted by atomic mass is 32.2. The van der Waals surface area contributed by atoms with Gasteiger partial charge in [-0.1, -0.05) is 31.5 Å². The molecule has 1 heterocycles. The first-order valence-corrected chi connectivity index (χ1v) is 8.04. The number of nitrogens with one attached hydrogen (secondary N) is 2. The van der Waals surface area contributed by atoms with E-state index in [0.717, 1.165) is 25.1 Å². The maximum absolute atomic E-state index is 11.7. The third-order valence-electron chi connectivity index (χ3n) is 3.16. The van der Waals surface area contributed by atoms with Crippen LogP contribution in [-0.4, -0.2) is 14.2 Å². The van der Waals surface area contributed by atoms with Crippen LogP contribution in [0.4, 0.5) is 0 Å². The van der Waals surface area contributed by atoms with Crippen molar-refractivity contribution in [2.24, 2.45) is 0 Å². The number of sulfonamides is 1. The minimum atomic E-state index is -3.12. The molecule has 100 valence electrons. The lowest BCUT2D eigenvalue weighted by Crippen LogP contribution is -2.25. The second-order valence-corrected chi connectivity index (χ2v) is 6.63. The summed E-state index contributed by atoms with van der Waals surface area (Å²) in [6.07, 6.45) is 1.61. The van der Waals surface area contributed by atoms with Gasteiger partial charge < -0.3 is 5.32 Å². The van der Waals surface area contributed by atoms with Gasteiger partial charge in [-0.05, 0) is 23.1 Å². The maximum atomic E-state index is 11.7. The van der Waals surface area contributed by atoms with E-state index in [0.29, 0.717) is 13.0 Å². The van der Waals surface area contributed by atoms with E-state index in [2.05, 4.69) is 22.2 Å². The first kappa shape index (κ1) is 13.5. The van der Waals surface area contributed by atoms with Crippen LogP contribution in [-0.2, 0) is 29.7 Å². The van der Waals surface area contributed by atoms with Crippen molar-refractivity contribution in [2.75, 3.05) is 5.75 Å². The molecule has 0 bridgehead atoms. The largest absolute Gasteiger partial charge is 0.309 e. The van der Waals surface area contributed by atoms with Crippen LogP contribution in [0.15, 0.2) is 18.2 Å². The fourth-order valence-electron chi connectivity index (χ4n) is 2.06. The van der Waals surface area contributed by atoms with Gasteiger partial charge in [-0.25, -0.2) is 13.1 Å². The monoisotopic (exact) mass is 268 g/mol. The maximum Gasteiger partial charge on any atom is 0.211 e. The lowest BCUT2D eigenvalue weighted by molar-refractivity contribution is 0.578. The molecule has 2 rings (SSSR count). The Labute approximate surface area is 109 Å². The van der Waals surface area contributed by atoms with Crippen LogP contribution in [0.1, 0.15) is 36.5 Å². The third kappa shape index (κ3) is 3.54. The molecular formula is C13H20N2O2S. The summed E-state index contributed by atoms with van der Waals surface area (Å²) in [5.74, 6) is 0.218. The summed E-state index contributed by atoms with van der Waals surface area (Å²) in [4.78, 5) is 0. The normalized spacial score (nSPS) is 14.7. The van der Waals surface area contributed by atoms with Crippen LogP contribution in [0.2, 0.25) is 0 Å². The second-order valence-electron chi connectivity index (χ2n) is 4.70. The number of fused-ring (bicyclic) bond motifs is 1. The van der Waals surface area contributed by atoms with Gasteiger partial charge in [0.15, 0.2) is 0 Å². The summed E-state index contributed by atoms with van der Waals surface area (Å²) in [6.45, 7) is 4.17. The highest BCUT2D eigenvalue weighted by molar-refractivity contribution is 7.89. The highest BCUT2D eigenvalue weighted by Crippen LogP contribution is 2.17. The number of benzene rings is 1. The molecule has 1 aromatic rings. The van der Waals surface area contributed by atoms with Gasteiger partial charge in [0.25, 0.3) is 0 Å². The summed E-state index contributed by atoms with van der Waals surface area (Å²) in [6, 6.07) is 6.15. The van der Waals surface area contributed by atoms with Crippen molar-refractivity contribution < 1.29 is 8.42 Å². The van der Waals surface area contributed by atoms with Gasteiger partial charge in [0, 0.05) is 19.6 Å². The quantitative estimate of drug-likeness (QED) is 0.822. The van der Waals surface area contributed by atoms with E-state index in [1.807, 2.05) is 13.0 Å². The van der Waals surface area contributed by atoms with E-state index in [9.17, 15) is 8.42 Å². The zero-order valence-corrected chi connectivity index (χ0v) is 11.5. The van der Waals surface area contributed by atoms with Gasteiger partial charge in [0.2, 0.25) is 10.0 Å². The highest BCUT2D eigenvalue weighted by Gasteiger charge is 2.12. The SMILES string of the molecule is CCCCS(=O)(=O)NCc1ccc2c(c1)CNC2. The Bertz CT molecular complexity index is 512. The molecule has 0 amide bonds. The number of rotatable bonds is 6. The lowest BCUT2D eigenvalue weighted by Gasteiger charge is -2.07. The fourth-order valence-corrected chi connectivity index (χ4v) is 3.26.